The largest absolute Gasteiger partial charge is 0.444 e. The summed E-state index contributed by atoms with van der Waals surface area (Å²) in [6.07, 6.45) is 5.61. The molecule has 5 heteroatoms. The SMILES string of the molecule is O=C(Nc1cccc(/C=C/c2ccccn2)c1)c1ccc(Br)o1. The predicted octanol–water partition coefficient (Wildman–Crippen LogP) is 4.86. The summed E-state index contributed by atoms with van der Waals surface area (Å²) in [5.74, 6) is -0.0344. The Balaban J connectivity index is 1.72. The van der Waals surface area contributed by atoms with Crippen LogP contribution in [0.4, 0.5) is 5.69 Å². The van der Waals surface area contributed by atoms with E-state index in [1.807, 2.05) is 54.6 Å². The topological polar surface area (TPSA) is 55.1 Å². The van der Waals surface area contributed by atoms with Crippen LogP contribution < -0.4 is 5.32 Å². The third kappa shape index (κ3) is 4.17. The van der Waals surface area contributed by atoms with Crippen LogP contribution >= 0.6 is 15.9 Å². The van der Waals surface area contributed by atoms with Crippen molar-refractivity contribution in [2.75, 3.05) is 5.32 Å². The van der Waals surface area contributed by atoms with Crippen LogP contribution in [0.2, 0.25) is 0 Å². The molecule has 0 spiro atoms. The molecule has 1 aromatic carbocycles. The number of amides is 1. The van der Waals surface area contributed by atoms with Gasteiger partial charge in [0.1, 0.15) is 0 Å². The Morgan fingerprint density at radius 3 is 2.74 bits per heavy atom. The molecule has 4 nitrogen and oxygen atoms in total. The molecule has 0 aliphatic rings. The molecule has 2 heterocycles. The lowest BCUT2D eigenvalue weighted by Crippen LogP contribution is -2.10. The summed E-state index contributed by atoms with van der Waals surface area (Å²) in [5, 5.41) is 2.81. The van der Waals surface area contributed by atoms with Gasteiger partial charge < -0.3 is 9.73 Å². The Kier molecular flexibility index (Phi) is 4.68. The molecule has 2 aromatic heterocycles. The molecule has 114 valence electrons. The number of benzene rings is 1. The van der Waals surface area contributed by atoms with Crippen LogP contribution in [-0.2, 0) is 0 Å². The Morgan fingerprint density at radius 2 is 2.00 bits per heavy atom. The predicted molar refractivity (Wildman–Crippen MR) is 94.0 cm³/mol. The van der Waals surface area contributed by atoms with Crippen LogP contribution in [-0.4, -0.2) is 10.9 Å². The smallest absolute Gasteiger partial charge is 0.291 e. The van der Waals surface area contributed by atoms with Gasteiger partial charge in [-0.1, -0.05) is 24.3 Å². The molecule has 1 amide bonds. The van der Waals surface area contributed by atoms with Gasteiger partial charge in [-0.15, -0.1) is 0 Å². The first kappa shape index (κ1) is 15.2. The van der Waals surface area contributed by atoms with Gasteiger partial charge in [0, 0.05) is 11.9 Å². The first-order valence-electron chi connectivity index (χ1n) is 6.96. The summed E-state index contributed by atoms with van der Waals surface area (Å²) in [6.45, 7) is 0. The normalized spacial score (nSPS) is 10.8. The summed E-state index contributed by atoms with van der Waals surface area (Å²) in [4.78, 5) is 16.3. The van der Waals surface area contributed by atoms with Gasteiger partial charge in [-0.25, -0.2) is 0 Å². The van der Waals surface area contributed by atoms with Gasteiger partial charge in [0.25, 0.3) is 5.91 Å². The van der Waals surface area contributed by atoms with E-state index in [2.05, 4.69) is 26.2 Å². The number of nitrogens with one attached hydrogen (secondary N) is 1. The van der Waals surface area contributed by atoms with Gasteiger partial charge in [-0.05, 0) is 64.0 Å². The van der Waals surface area contributed by atoms with E-state index in [0.717, 1.165) is 11.3 Å². The molecule has 1 N–H and O–H groups in total. The van der Waals surface area contributed by atoms with Crippen molar-refractivity contribution in [3.8, 4) is 0 Å². The zero-order valence-corrected chi connectivity index (χ0v) is 13.7. The quantitative estimate of drug-likeness (QED) is 0.715. The van der Waals surface area contributed by atoms with E-state index in [9.17, 15) is 4.79 Å². The van der Waals surface area contributed by atoms with E-state index in [0.29, 0.717) is 10.4 Å². The van der Waals surface area contributed by atoms with E-state index < -0.39 is 0 Å². The van der Waals surface area contributed by atoms with Crippen molar-refractivity contribution in [3.05, 3.63) is 82.5 Å². The molecule has 0 bridgehead atoms. The van der Waals surface area contributed by atoms with Gasteiger partial charge in [0.15, 0.2) is 10.4 Å². The van der Waals surface area contributed by atoms with Gasteiger partial charge in [-0.3, -0.25) is 9.78 Å². The van der Waals surface area contributed by atoms with E-state index in [4.69, 9.17) is 4.42 Å². The van der Waals surface area contributed by atoms with Crippen LogP contribution in [0.1, 0.15) is 21.8 Å². The summed E-state index contributed by atoms with van der Waals surface area (Å²) < 4.78 is 5.76. The molecular formula is C18H13BrN2O2. The van der Waals surface area contributed by atoms with Gasteiger partial charge >= 0.3 is 0 Å². The van der Waals surface area contributed by atoms with Crippen molar-refractivity contribution >= 4 is 39.7 Å². The third-order valence-electron chi connectivity index (χ3n) is 3.08. The highest BCUT2D eigenvalue weighted by atomic mass is 79.9. The number of hydrogen-bond donors (Lipinski definition) is 1. The zero-order chi connectivity index (χ0) is 16.1. The van der Waals surface area contributed by atoms with Crippen molar-refractivity contribution < 1.29 is 9.21 Å². The lowest BCUT2D eigenvalue weighted by molar-refractivity contribution is 0.0995. The van der Waals surface area contributed by atoms with Gasteiger partial charge in [-0.2, -0.15) is 0 Å². The Bertz CT molecular complexity index is 841. The second kappa shape index (κ2) is 7.07. The molecule has 0 unspecified atom stereocenters. The molecule has 0 radical (unpaired) electrons. The van der Waals surface area contributed by atoms with E-state index >= 15 is 0 Å². The number of furan rings is 1. The highest BCUT2D eigenvalue weighted by Crippen LogP contribution is 2.17. The van der Waals surface area contributed by atoms with E-state index in [1.54, 1.807) is 18.3 Å². The Hall–Kier alpha value is -2.66. The number of carbonyl (C=O) groups excluding carboxylic acids is 1. The number of aromatic nitrogens is 1. The fourth-order valence-electron chi connectivity index (χ4n) is 2.01. The average Bonchev–Trinajstić information content (AvgIpc) is 3.01. The minimum Gasteiger partial charge on any atom is -0.444 e. The highest BCUT2D eigenvalue weighted by Gasteiger charge is 2.10. The van der Waals surface area contributed by atoms with Crippen LogP contribution in [0.25, 0.3) is 12.2 Å². The van der Waals surface area contributed by atoms with Crippen LogP contribution in [0.3, 0.4) is 0 Å². The number of halogens is 1. The first-order chi connectivity index (χ1) is 11.2. The summed E-state index contributed by atoms with van der Waals surface area (Å²) in [7, 11) is 0. The van der Waals surface area contributed by atoms with Crippen LogP contribution in [0, 0.1) is 0 Å². The molecule has 3 aromatic rings. The van der Waals surface area contributed by atoms with Crippen molar-refractivity contribution in [1.29, 1.82) is 0 Å². The minimum absolute atomic E-state index is 0.256. The van der Waals surface area contributed by atoms with Crippen molar-refractivity contribution in [3.63, 3.8) is 0 Å². The number of carbonyl (C=O) groups is 1. The van der Waals surface area contributed by atoms with Crippen molar-refractivity contribution in [1.82, 2.24) is 4.98 Å². The highest BCUT2D eigenvalue weighted by molar-refractivity contribution is 9.10. The summed E-state index contributed by atoms with van der Waals surface area (Å²) in [6, 6.07) is 16.6. The molecule has 23 heavy (non-hydrogen) atoms. The van der Waals surface area contributed by atoms with Crippen LogP contribution in [0.5, 0.6) is 0 Å². The lowest BCUT2D eigenvalue weighted by Gasteiger charge is -2.04. The second-order valence-electron chi connectivity index (χ2n) is 4.77. The number of hydrogen-bond acceptors (Lipinski definition) is 3. The number of rotatable bonds is 4. The summed E-state index contributed by atoms with van der Waals surface area (Å²) >= 11 is 3.18. The Labute approximate surface area is 142 Å². The number of pyridine rings is 1. The van der Waals surface area contributed by atoms with E-state index in [1.165, 1.54) is 0 Å². The minimum atomic E-state index is -0.290. The molecule has 0 saturated heterocycles. The molecule has 3 rings (SSSR count). The van der Waals surface area contributed by atoms with Gasteiger partial charge in [0.2, 0.25) is 0 Å². The third-order valence-corrected chi connectivity index (χ3v) is 3.50. The maximum absolute atomic E-state index is 12.1. The van der Waals surface area contributed by atoms with E-state index in [-0.39, 0.29) is 11.7 Å². The molecule has 0 saturated carbocycles. The fraction of sp³-hybridized carbons (Fsp3) is 0. The van der Waals surface area contributed by atoms with Gasteiger partial charge in [0.05, 0.1) is 5.69 Å². The standard InChI is InChI=1S/C18H13BrN2O2/c19-17-10-9-16(23-17)18(22)21-15-6-3-4-13(12-15)7-8-14-5-1-2-11-20-14/h1-12H,(H,21,22)/b8-7+. The fourth-order valence-corrected chi connectivity index (χ4v) is 2.31. The Morgan fingerprint density at radius 1 is 1.09 bits per heavy atom. The second-order valence-corrected chi connectivity index (χ2v) is 5.55. The molecular weight excluding hydrogens is 356 g/mol. The van der Waals surface area contributed by atoms with Crippen LogP contribution in [0.15, 0.2) is 69.9 Å². The molecule has 0 aliphatic carbocycles. The maximum Gasteiger partial charge on any atom is 0.291 e. The first-order valence-corrected chi connectivity index (χ1v) is 7.76. The number of anilines is 1. The van der Waals surface area contributed by atoms with Crippen molar-refractivity contribution in [2.24, 2.45) is 0 Å². The molecule has 0 atom stereocenters. The van der Waals surface area contributed by atoms with Crippen molar-refractivity contribution in [2.45, 2.75) is 0 Å². The summed E-state index contributed by atoms with van der Waals surface area (Å²) in [5.41, 5.74) is 2.54. The molecule has 0 fully saturated rings. The number of nitrogens with zero attached hydrogens (tertiary/aromatic N) is 1. The monoisotopic (exact) mass is 368 g/mol. The average molecular weight is 369 g/mol. The lowest BCUT2D eigenvalue weighted by atomic mass is 10.1. The maximum atomic E-state index is 12.1. The molecule has 0 aliphatic heterocycles. The zero-order valence-electron chi connectivity index (χ0n) is 12.1.